The molecule has 1 aliphatic heterocycles. The Morgan fingerprint density at radius 1 is 1.10 bits per heavy atom. The van der Waals surface area contributed by atoms with Crippen molar-refractivity contribution >= 4 is 27.5 Å². The fraction of sp³-hybridized carbons (Fsp3) is 0.435. The van der Waals surface area contributed by atoms with Crippen molar-refractivity contribution < 1.29 is 13.2 Å². The van der Waals surface area contributed by atoms with Crippen molar-refractivity contribution in [2.45, 2.75) is 38.4 Å². The Hall–Kier alpha value is -1.89. The van der Waals surface area contributed by atoms with E-state index in [9.17, 15) is 13.2 Å². The molecule has 1 saturated heterocycles. The molecule has 0 aromatic heterocycles. The molecule has 0 spiro atoms. The number of piperidine rings is 1. The summed E-state index contributed by atoms with van der Waals surface area (Å²) < 4.78 is 27.1. The van der Waals surface area contributed by atoms with Crippen molar-refractivity contribution in [2.75, 3.05) is 19.6 Å². The highest BCUT2D eigenvalue weighted by Crippen LogP contribution is 2.22. The van der Waals surface area contributed by atoms with Gasteiger partial charge in [-0.15, -0.1) is 0 Å². The molecular weight excluding hydrogens is 420 g/mol. The van der Waals surface area contributed by atoms with Crippen LogP contribution in [0, 0.1) is 12.8 Å². The zero-order chi connectivity index (χ0) is 21.6. The Bertz CT molecular complexity index is 943. The van der Waals surface area contributed by atoms with Crippen molar-refractivity contribution in [3.63, 3.8) is 0 Å². The first-order valence-corrected chi connectivity index (χ1v) is 12.4. The molecule has 0 saturated carbocycles. The molecule has 0 unspecified atom stereocenters. The van der Waals surface area contributed by atoms with E-state index < -0.39 is 10.0 Å². The van der Waals surface area contributed by atoms with Crippen molar-refractivity contribution in [2.24, 2.45) is 5.92 Å². The minimum atomic E-state index is -3.47. The molecule has 30 heavy (non-hydrogen) atoms. The molecule has 0 aliphatic carbocycles. The van der Waals surface area contributed by atoms with E-state index in [-0.39, 0.29) is 24.1 Å². The van der Waals surface area contributed by atoms with Gasteiger partial charge in [0, 0.05) is 24.7 Å². The third-order valence-corrected chi connectivity index (χ3v) is 7.54. The molecule has 0 radical (unpaired) electrons. The Kier molecular flexibility index (Phi) is 7.92. The average Bonchev–Trinajstić information content (AvgIpc) is 2.74. The van der Waals surface area contributed by atoms with Crippen LogP contribution in [0.2, 0.25) is 5.02 Å². The molecule has 1 aliphatic rings. The lowest BCUT2D eigenvalue weighted by Crippen LogP contribution is -2.45. The summed E-state index contributed by atoms with van der Waals surface area (Å²) in [6, 6.07) is 15.2. The molecular formula is C23H29ClN2O3S. The van der Waals surface area contributed by atoms with Gasteiger partial charge in [-0.1, -0.05) is 53.6 Å². The summed E-state index contributed by atoms with van der Waals surface area (Å²) in [7, 11) is -3.47. The predicted octanol–water partition coefficient (Wildman–Crippen LogP) is 3.94. The van der Waals surface area contributed by atoms with Crippen LogP contribution in [0.1, 0.15) is 36.0 Å². The minimum Gasteiger partial charge on any atom is -0.356 e. The normalized spacial score (nSPS) is 17.6. The third-order valence-electron chi connectivity index (χ3n) is 5.47. The van der Waals surface area contributed by atoms with Gasteiger partial charge in [0.05, 0.1) is 11.7 Å². The fourth-order valence-electron chi connectivity index (χ4n) is 3.69. The van der Waals surface area contributed by atoms with Crippen molar-refractivity contribution in [3.8, 4) is 0 Å². The maximum atomic E-state index is 12.8. The summed E-state index contributed by atoms with van der Waals surface area (Å²) >= 11 is 5.87. The van der Waals surface area contributed by atoms with Gasteiger partial charge in [-0.2, -0.15) is 0 Å². The average molecular weight is 449 g/mol. The lowest BCUT2D eigenvalue weighted by atomic mass is 9.99. The number of rotatable bonds is 8. The van der Waals surface area contributed by atoms with Gasteiger partial charge < -0.3 is 5.32 Å². The largest absolute Gasteiger partial charge is 0.356 e. The van der Waals surface area contributed by atoms with Gasteiger partial charge in [-0.05, 0) is 55.9 Å². The molecule has 1 fully saturated rings. The summed E-state index contributed by atoms with van der Waals surface area (Å²) in [5.41, 5.74) is 3.19. The lowest BCUT2D eigenvalue weighted by Gasteiger charge is -2.31. The molecule has 1 amide bonds. The first-order valence-electron chi connectivity index (χ1n) is 10.4. The number of carbonyl (C=O) groups excluding carboxylic acids is 1. The molecule has 5 nitrogen and oxygen atoms in total. The summed E-state index contributed by atoms with van der Waals surface area (Å²) in [4.78, 5) is 12.6. The smallest absolute Gasteiger partial charge is 0.224 e. The molecule has 162 valence electrons. The van der Waals surface area contributed by atoms with Crippen LogP contribution in [0.3, 0.4) is 0 Å². The monoisotopic (exact) mass is 448 g/mol. The van der Waals surface area contributed by atoms with E-state index >= 15 is 0 Å². The van der Waals surface area contributed by atoms with Crippen LogP contribution in [-0.4, -0.2) is 38.3 Å². The highest BCUT2D eigenvalue weighted by molar-refractivity contribution is 7.88. The van der Waals surface area contributed by atoms with E-state index in [1.165, 1.54) is 15.4 Å². The van der Waals surface area contributed by atoms with E-state index in [0.29, 0.717) is 30.1 Å². The molecule has 7 heteroatoms. The van der Waals surface area contributed by atoms with Gasteiger partial charge in [0.2, 0.25) is 15.9 Å². The van der Waals surface area contributed by atoms with Crippen LogP contribution in [-0.2, 0) is 27.0 Å². The minimum absolute atomic E-state index is 0.0506. The SMILES string of the molecule is Cc1ccc(CCCNC(=O)[C@H]2CCCN(S(=O)(=O)Cc3ccc(Cl)cc3)C2)cc1. The number of hydrogen-bond acceptors (Lipinski definition) is 3. The Morgan fingerprint density at radius 2 is 1.77 bits per heavy atom. The van der Waals surface area contributed by atoms with E-state index in [1.54, 1.807) is 24.3 Å². The summed E-state index contributed by atoms with van der Waals surface area (Å²) in [6.07, 6.45) is 3.19. The van der Waals surface area contributed by atoms with Crippen molar-refractivity contribution in [3.05, 3.63) is 70.2 Å². The zero-order valence-electron chi connectivity index (χ0n) is 17.3. The van der Waals surface area contributed by atoms with E-state index in [1.807, 2.05) is 0 Å². The molecule has 2 aromatic rings. The number of nitrogens with zero attached hydrogens (tertiary/aromatic N) is 1. The third kappa shape index (κ3) is 6.56. The number of nitrogens with one attached hydrogen (secondary N) is 1. The summed E-state index contributed by atoms with van der Waals surface area (Å²) in [5, 5.41) is 3.56. The first kappa shape index (κ1) is 22.8. The van der Waals surface area contributed by atoms with Gasteiger partial charge in [0.25, 0.3) is 0 Å². The Balaban J connectivity index is 1.47. The number of hydrogen-bond donors (Lipinski definition) is 1. The highest BCUT2D eigenvalue weighted by Gasteiger charge is 2.32. The van der Waals surface area contributed by atoms with Crippen molar-refractivity contribution in [1.29, 1.82) is 0 Å². The van der Waals surface area contributed by atoms with E-state index in [4.69, 9.17) is 11.6 Å². The topological polar surface area (TPSA) is 66.5 Å². The molecule has 1 N–H and O–H groups in total. The summed E-state index contributed by atoms with van der Waals surface area (Å²) in [6.45, 7) is 3.38. The van der Waals surface area contributed by atoms with Gasteiger partial charge in [0.15, 0.2) is 0 Å². The second-order valence-electron chi connectivity index (χ2n) is 7.96. The maximum absolute atomic E-state index is 12.8. The number of aryl methyl sites for hydroxylation is 2. The van der Waals surface area contributed by atoms with Crippen LogP contribution in [0.4, 0.5) is 0 Å². The molecule has 0 bridgehead atoms. The van der Waals surface area contributed by atoms with Crippen LogP contribution in [0.25, 0.3) is 0 Å². The number of sulfonamides is 1. The van der Waals surface area contributed by atoms with Crippen LogP contribution in [0.5, 0.6) is 0 Å². The Labute approximate surface area is 184 Å². The maximum Gasteiger partial charge on any atom is 0.224 e. The second kappa shape index (κ2) is 10.4. The lowest BCUT2D eigenvalue weighted by molar-refractivity contribution is -0.126. The fourth-order valence-corrected chi connectivity index (χ4v) is 5.43. The van der Waals surface area contributed by atoms with Crippen LogP contribution < -0.4 is 5.32 Å². The molecule has 1 heterocycles. The summed E-state index contributed by atoms with van der Waals surface area (Å²) in [5.74, 6) is -0.418. The number of halogens is 1. The van der Waals surface area contributed by atoms with Gasteiger partial charge in [-0.3, -0.25) is 4.79 Å². The van der Waals surface area contributed by atoms with Crippen LogP contribution in [0.15, 0.2) is 48.5 Å². The predicted molar refractivity (Wildman–Crippen MR) is 121 cm³/mol. The Morgan fingerprint density at radius 3 is 2.47 bits per heavy atom. The quantitative estimate of drug-likeness (QED) is 0.622. The number of benzene rings is 2. The van der Waals surface area contributed by atoms with Gasteiger partial charge in [-0.25, -0.2) is 12.7 Å². The van der Waals surface area contributed by atoms with Crippen molar-refractivity contribution in [1.82, 2.24) is 9.62 Å². The number of carbonyl (C=O) groups is 1. The molecule has 2 aromatic carbocycles. The standard InChI is InChI=1S/C23H29ClN2O3S/c1-18-6-8-19(9-7-18)4-2-14-25-23(27)21-5-3-15-26(16-21)30(28,29)17-20-10-12-22(24)13-11-20/h6-13,21H,2-5,14-17H2,1H3,(H,25,27)/t21-/m0/s1. The van der Waals surface area contributed by atoms with E-state index in [2.05, 4.69) is 36.5 Å². The number of amides is 1. The van der Waals surface area contributed by atoms with E-state index in [0.717, 1.165) is 19.3 Å². The molecule has 1 atom stereocenters. The zero-order valence-corrected chi connectivity index (χ0v) is 18.9. The highest BCUT2D eigenvalue weighted by atomic mass is 35.5. The van der Waals surface area contributed by atoms with Gasteiger partial charge in [0.1, 0.15) is 0 Å². The molecule has 3 rings (SSSR count). The second-order valence-corrected chi connectivity index (χ2v) is 10.4. The first-order chi connectivity index (χ1) is 14.3. The van der Waals surface area contributed by atoms with Gasteiger partial charge >= 0.3 is 0 Å². The van der Waals surface area contributed by atoms with Crippen LogP contribution >= 0.6 is 11.6 Å².